The van der Waals surface area contributed by atoms with Crippen LogP contribution in [0.25, 0.3) is 34.0 Å². The van der Waals surface area contributed by atoms with E-state index in [1.54, 1.807) is 30.3 Å². The summed E-state index contributed by atoms with van der Waals surface area (Å²) >= 11 is 0. The summed E-state index contributed by atoms with van der Waals surface area (Å²) < 4.78 is 18.8. The number of allylic oxidation sites excluding steroid dienone is 1. The van der Waals surface area contributed by atoms with E-state index < -0.39 is 0 Å². The number of nitriles is 1. The largest absolute Gasteiger partial charge is 0.457 e. The molecule has 0 fully saturated rings. The van der Waals surface area contributed by atoms with Crippen LogP contribution in [0, 0.1) is 31.0 Å². The van der Waals surface area contributed by atoms with Crippen molar-refractivity contribution >= 4 is 22.7 Å². The minimum absolute atomic E-state index is 0.299. The second-order valence-electron chi connectivity index (χ2n) is 6.42. The molecule has 27 heavy (non-hydrogen) atoms. The molecule has 0 saturated carbocycles. The van der Waals surface area contributed by atoms with E-state index in [1.165, 1.54) is 12.1 Å². The predicted octanol–water partition coefficient (Wildman–Crippen LogP) is 5.64. The fourth-order valence-corrected chi connectivity index (χ4v) is 2.89. The number of aryl methyl sites for hydroxylation is 2. The van der Waals surface area contributed by atoms with E-state index in [2.05, 4.69) is 16.0 Å². The molecular weight excluding hydrogens is 341 g/mol. The van der Waals surface area contributed by atoms with Crippen molar-refractivity contribution in [1.82, 2.24) is 9.97 Å². The second-order valence-corrected chi connectivity index (χ2v) is 6.42. The van der Waals surface area contributed by atoms with Gasteiger partial charge in [0.2, 0.25) is 0 Å². The van der Waals surface area contributed by atoms with Crippen molar-refractivity contribution in [1.29, 1.82) is 5.26 Å². The highest BCUT2D eigenvalue weighted by molar-refractivity contribution is 5.90. The van der Waals surface area contributed by atoms with Gasteiger partial charge in [0.25, 0.3) is 0 Å². The number of nitrogens with one attached hydrogen (secondary N) is 1. The molecule has 0 spiro atoms. The molecule has 0 aliphatic rings. The van der Waals surface area contributed by atoms with E-state index in [0.29, 0.717) is 22.9 Å². The molecule has 0 atom stereocenters. The molecule has 0 amide bonds. The van der Waals surface area contributed by atoms with Gasteiger partial charge in [-0.05, 0) is 73.5 Å². The van der Waals surface area contributed by atoms with Gasteiger partial charge in [0.1, 0.15) is 29.2 Å². The Morgan fingerprint density at radius 1 is 1.11 bits per heavy atom. The number of nitrogens with zero attached hydrogens (tertiary/aromatic N) is 2. The predicted molar refractivity (Wildman–Crippen MR) is 103 cm³/mol. The van der Waals surface area contributed by atoms with Gasteiger partial charge in [0.05, 0.1) is 16.6 Å². The summed E-state index contributed by atoms with van der Waals surface area (Å²) in [6.07, 6.45) is 1.64. The third-order valence-corrected chi connectivity index (χ3v) is 4.52. The number of imidazole rings is 1. The van der Waals surface area contributed by atoms with E-state index in [0.717, 1.165) is 27.7 Å². The van der Waals surface area contributed by atoms with Crippen molar-refractivity contribution in [2.24, 2.45) is 0 Å². The van der Waals surface area contributed by atoms with E-state index in [9.17, 15) is 9.65 Å². The van der Waals surface area contributed by atoms with Crippen LogP contribution < -0.4 is 0 Å². The number of rotatable bonds is 3. The maximum atomic E-state index is 13.1. The maximum Gasteiger partial charge on any atom is 0.149 e. The standard InChI is InChI=1S/C22H16FN3O/c1-13-9-19-20(10-14(13)2)26-22(25-19)16(12-24)11-18-7-8-21(27-18)15-3-5-17(23)6-4-15/h3-11H,1-2H3,(H,25,26)/b16-11+. The lowest BCUT2D eigenvalue weighted by Crippen LogP contribution is -1.84. The highest BCUT2D eigenvalue weighted by Gasteiger charge is 2.11. The molecule has 2 heterocycles. The number of H-pyrrole nitrogens is 1. The summed E-state index contributed by atoms with van der Waals surface area (Å²) in [4.78, 5) is 7.72. The third kappa shape index (κ3) is 3.25. The number of benzene rings is 2. The van der Waals surface area contributed by atoms with Crippen LogP contribution >= 0.6 is 0 Å². The number of aromatic amines is 1. The molecule has 4 nitrogen and oxygen atoms in total. The van der Waals surface area contributed by atoms with Gasteiger partial charge in [-0.2, -0.15) is 5.26 Å². The van der Waals surface area contributed by atoms with Gasteiger partial charge >= 0.3 is 0 Å². The summed E-state index contributed by atoms with van der Waals surface area (Å²) in [5, 5.41) is 9.57. The molecule has 0 radical (unpaired) electrons. The van der Waals surface area contributed by atoms with Gasteiger partial charge < -0.3 is 9.40 Å². The Morgan fingerprint density at radius 2 is 1.85 bits per heavy atom. The summed E-state index contributed by atoms with van der Waals surface area (Å²) in [7, 11) is 0. The Kier molecular flexibility index (Phi) is 4.09. The maximum absolute atomic E-state index is 13.1. The number of halogens is 1. The van der Waals surface area contributed by atoms with Gasteiger partial charge in [-0.3, -0.25) is 0 Å². The topological polar surface area (TPSA) is 65.6 Å². The fraction of sp³-hybridized carbons (Fsp3) is 0.0909. The van der Waals surface area contributed by atoms with Gasteiger partial charge in [-0.1, -0.05) is 0 Å². The Hall–Kier alpha value is -3.65. The van der Waals surface area contributed by atoms with E-state index in [4.69, 9.17) is 4.42 Å². The van der Waals surface area contributed by atoms with Crippen molar-refractivity contribution in [3.05, 3.63) is 77.1 Å². The molecule has 2 aromatic carbocycles. The van der Waals surface area contributed by atoms with Crippen LogP contribution in [0.3, 0.4) is 0 Å². The smallest absolute Gasteiger partial charge is 0.149 e. The number of hydrogen-bond donors (Lipinski definition) is 1. The molecule has 2 aromatic heterocycles. The zero-order valence-corrected chi connectivity index (χ0v) is 14.9. The zero-order valence-electron chi connectivity index (χ0n) is 14.9. The molecular formula is C22H16FN3O. The summed E-state index contributed by atoms with van der Waals surface area (Å²) in [5.74, 6) is 1.33. The SMILES string of the molecule is Cc1cc2nc(/C(C#N)=C/c3ccc(-c4ccc(F)cc4)o3)[nH]c2cc1C. The molecule has 0 aliphatic heterocycles. The minimum Gasteiger partial charge on any atom is -0.457 e. The first-order chi connectivity index (χ1) is 13.0. The van der Waals surface area contributed by atoms with Crippen LogP contribution in [0.15, 0.2) is 52.9 Å². The monoisotopic (exact) mass is 357 g/mol. The van der Waals surface area contributed by atoms with Crippen LogP contribution in [-0.2, 0) is 0 Å². The Bertz CT molecular complexity index is 1170. The molecule has 1 N–H and O–H groups in total. The van der Waals surface area contributed by atoms with Gasteiger partial charge in [0, 0.05) is 11.6 Å². The lowest BCUT2D eigenvalue weighted by Gasteiger charge is -1.97. The molecule has 132 valence electrons. The normalized spacial score (nSPS) is 11.7. The first-order valence-corrected chi connectivity index (χ1v) is 8.48. The molecule has 5 heteroatoms. The zero-order chi connectivity index (χ0) is 19.0. The summed E-state index contributed by atoms with van der Waals surface area (Å²) in [6.45, 7) is 4.07. The highest BCUT2D eigenvalue weighted by atomic mass is 19.1. The Morgan fingerprint density at radius 3 is 2.59 bits per heavy atom. The van der Waals surface area contributed by atoms with Gasteiger partial charge in [-0.15, -0.1) is 0 Å². The average Bonchev–Trinajstić information content (AvgIpc) is 3.27. The van der Waals surface area contributed by atoms with Crippen molar-refractivity contribution in [2.45, 2.75) is 13.8 Å². The van der Waals surface area contributed by atoms with Crippen LogP contribution in [0.5, 0.6) is 0 Å². The van der Waals surface area contributed by atoms with E-state index >= 15 is 0 Å². The average molecular weight is 357 g/mol. The molecule has 0 bridgehead atoms. The quantitative estimate of drug-likeness (QED) is 0.482. The fourth-order valence-electron chi connectivity index (χ4n) is 2.89. The summed E-state index contributed by atoms with van der Waals surface area (Å²) in [5.41, 5.74) is 5.17. The number of aromatic nitrogens is 2. The molecule has 0 saturated heterocycles. The summed E-state index contributed by atoms with van der Waals surface area (Å²) in [6, 6.07) is 15.8. The van der Waals surface area contributed by atoms with Gasteiger partial charge in [-0.25, -0.2) is 9.37 Å². The van der Waals surface area contributed by atoms with E-state index in [-0.39, 0.29) is 5.82 Å². The van der Waals surface area contributed by atoms with Crippen molar-refractivity contribution < 1.29 is 8.81 Å². The highest BCUT2D eigenvalue weighted by Crippen LogP contribution is 2.26. The number of fused-ring (bicyclic) bond motifs is 1. The van der Waals surface area contributed by atoms with Crippen molar-refractivity contribution in [2.75, 3.05) is 0 Å². The van der Waals surface area contributed by atoms with E-state index in [1.807, 2.05) is 26.0 Å². The molecule has 4 aromatic rings. The van der Waals surface area contributed by atoms with Crippen LogP contribution in [0.4, 0.5) is 4.39 Å². The first-order valence-electron chi connectivity index (χ1n) is 8.48. The molecule has 0 aliphatic carbocycles. The number of hydrogen-bond acceptors (Lipinski definition) is 3. The van der Waals surface area contributed by atoms with Crippen LogP contribution in [0.1, 0.15) is 22.7 Å². The lowest BCUT2D eigenvalue weighted by atomic mass is 10.1. The van der Waals surface area contributed by atoms with Gasteiger partial charge in [0.15, 0.2) is 0 Å². The Labute approximate surface area is 155 Å². The van der Waals surface area contributed by atoms with Crippen molar-refractivity contribution in [3.8, 4) is 17.4 Å². The van der Waals surface area contributed by atoms with Crippen LogP contribution in [0.2, 0.25) is 0 Å². The van der Waals surface area contributed by atoms with Crippen molar-refractivity contribution in [3.63, 3.8) is 0 Å². The minimum atomic E-state index is -0.299. The second kappa shape index (κ2) is 6.58. The Balaban J connectivity index is 1.70. The van der Waals surface area contributed by atoms with Crippen LogP contribution in [-0.4, -0.2) is 9.97 Å². The number of furan rings is 1. The first kappa shape index (κ1) is 16.8. The molecule has 4 rings (SSSR count). The third-order valence-electron chi connectivity index (χ3n) is 4.52. The molecule has 0 unspecified atom stereocenters. The lowest BCUT2D eigenvalue weighted by molar-refractivity contribution is 0.571.